The molecule has 0 atom stereocenters. The van der Waals surface area contributed by atoms with E-state index in [9.17, 15) is 0 Å². The highest BCUT2D eigenvalue weighted by Gasteiger charge is 1.96. The summed E-state index contributed by atoms with van der Waals surface area (Å²) in [4.78, 5) is 8.35. The summed E-state index contributed by atoms with van der Waals surface area (Å²) in [6.07, 6.45) is 1.76. The lowest BCUT2D eigenvalue weighted by Gasteiger charge is -2.06. The van der Waals surface area contributed by atoms with Crippen LogP contribution in [0.3, 0.4) is 0 Å². The SMILES string of the molecule is Cc1nccc(CNc2cccc(Cl)c2)n1. The van der Waals surface area contributed by atoms with Crippen molar-refractivity contribution in [2.24, 2.45) is 0 Å². The van der Waals surface area contributed by atoms with E-state index in [4.69, 9.17) is 11.6 Å². The Morgan fingerprint density at radius 1 is 1.31 bits per heavy atom. The quantitative estimate of drug-likeness (QED) is 0.886. The Balaban J connectivity index is 2.02. The van der Waals surface area contributed by atoms with Gasteiger partial charge >= 0.3 is 0 Å². The molecule has 0 bridgehead atoms. The van der Waals surface area contributed by atoms with Crippen LogP contribution in [-0.2, 0) is 6.54 Å². The number of anilines is 1. The van der Waals surface area contributed by atoms with Crippen LogP contribution in [0.2, 0.25) is 5.02 Å². The van der Waals surface area contributed by atoms with Gasteiger partial charge in [-0.1, -0.05) is 17.7 Å². The maximum absolute atomic E-state index is 5.89. The lowest BCUT2D eigenvalue weighted by atomic mass is 10.3. The van der Waals surface area contributed by atoms with Crippen molar-refractivity contribution >= 4 is 17.3 Å². The summed E-state index contributed by atoms with van der Waals surface area (Å²) in [5, 5.41) is 3.98. The summed E-state index contributed by atoms with van der Waals surface area (Å²) in [5.41, 5.74) is 1.95. The zero-order valence-electron chi connectivity index (χ0n) is 8.94. The smallest absolute Gasteiger partial charge is 0.125 e. The van der Waals surface area contributed by atoms with Gasteiger partial charge in [-0.3, -0.25) is 0 Å². The predicted molar refractivity (Wildman–Crippen MR) is 65.5 cm³/mol. The molecule has 1 N–H and O–H groups in total. The molecule has 0 radical (unpaired) electrons. The Morgan fingerprint density at radius 2 is 2.19 bits per heavy atom. The topological polar surface area (TPSA) is 37.8 Å². The van der Waals surface area contributed by atoms with E-state index in [2.05, 4.69) is 15.3 Å². The summed E-state index contributed by atoms with van der Waals surface area (Å²) in [6, 6.07) is 9.51. The number of benzene rings is 1. The van der Waals surface area contributed by atoms with Crippen molar-refractivity contribution < 1.29 is 0 Å². The molecule has 2 aromatic rings. The Labute approximate surface area is 99.5 Å². The van der Waals surface area contributed by atoms with Gasteiger partial charge in [0.1, 0.15) is 5.82 Å². The number of aryl methyl sites for hydroxylation is 1. The second-order valence-corrected chi connectivity index (χ2v) is 3.90. The molecule has 0 saturated carbocycles. The van der Waals surface area contributed by atoms with Gasteiger partial charge in [-0.25, -0.2) is 9.97 Å². The fourth-order valence-corrected chi connectivity index (χ4v) is 1.58. The largest absolute Gasteiger partial charge is 0.379 e. The van der Waals surface area contributed by atoms with Crippen LogP contribution in [0.25, 0.3) is 0 Å². The molecule has 0 fully saturated rings. The van der Waals surface area contributed by atoms with Gasteiger partial charge in [0.2, 0.25) is 0 Å². The summed E-state index contributed by atoms with van der Waals surface area (Å²) in [5.74, 6) is 0.783. The van der Waals surface area contributed by atoms with Gasteiger partial charge in [0.25, 0.3) is 0 Å². The zero-order chi connectivity index (χ0) is 11.4. The molecule has 16 heavy (non-hydrogen) atoms. The van der Waals surface area contributed by atoms with Crippen LogP contribution >= 0.6 is 11.6 Å². The predicted octanol–water partition coefficient (Wildman–Crippen LogP) is 3.05. The fraction of sp³-hybridized carbons (Fsp3) is 0.167. The Morgan fingerprint density at radius 3 is 2.94 bits per heavy atom. The van der Waals surface area contributed by atoms with E-state index in [1.54, 1.807) is 6.20 Å². The average Bonchev–Trinajstić information content (AvgIpc) is 2.27. The molecular weight excluding hydrogens is 222 g/mol. The first-order valence-electron chi connectivity index (χ1n) is 5.02. The molecule has 0 aliphatic carbocycles. The minimum atomic E-state index is 0.670. The van der Waals surface area contributed by atoms with Crippen LogP contribution < -0.4 is 5.32 Å². The normalized spacial score (nSPS) is 10.1. The van der Waals surface area contributed by atoms with E-state index in [-0.39, 0.29) is 0 Å². The molecule has 1 heterocycles. The number of hydrogen-bond acceptors (Lipinski definition) is 3. The second-order valence-electron chi connectivity index (χ2n) is 3.46. The van der Waals surface area contributed by atoms with Crippen LogP contribution in [0, 0.1) is 6.92 Å². The van der Waals surface area contributed by atoms with Gasteiger partial charge in [-0.15, -0.1) is 0 Å². The third-order valence-corrected chi connectivity index (χ3v) is 2.37. The molecule has 0 amide bonds. The molecule has 0 unspecified atom stereocenters. The van der Waals surface area contributed by atoms with Crippen molar-refractivity contribution in [3.8, 4) is 0 Å². The van der Waals surface area contributed by atoms with Crippen LogP contribution in [-0.4, -0.2) is 9.97 Å². The van der Waals surface area contributed by atoms with Crippen molar-refractivity contribution in [3.05, 3.63) is 53.1 Å². The standard InChI is InChI=1S/C12H12ClN3/c1-9-14-6-5-12(16-9)8-15-11-4-2-3-10(13)7-11/h2-7,15H,8H2,1H3. The first kappa shape index (κ1) is 10.9. The molecule has 1 aromatic heterocycles. The van der Waals surface area contributed by atoms with Crippen LogP contribution in [0.5, 0.6) is 0 Å². The second kappa shape index (κ2) is 4.94. The van der Waals surface area contributed by atoms with Crippen molar-refractivity contribution in [3.63, 3.8) is 0 Å². The Hall–Kier alpha value is -1.61. The Kier molecular flexibility index (Phi) is 3.37. The van der Waals surface area contributed by atoms with Gasteiger partial charge < -0.3 is 5.32 Å². The first-order chi connectivity index (χ1) is 7.74. The molecule has 0 saturated heterocycles. The third kappa shape index (κ3) is 2.94. The number of nitrogens with zero attached hydrogens (tertiary/aromatic N) is 2. The van der Waals surface area contributed by atoms with Crippen LogP contribution in [0.1, 0.15) is 11.5 Å². The number of halogens is 1. The van der Waals surface area contributed by atoms with Gasteiger partial charge in [0.15, 0.2) is 0 Å². The van der Waals surface area contributed by atoms with Gasteiger partial charge in [-0.05, 0) is 31.2 Å². The van der Waals surface area contributed by atoms with Crippen molar-refractivity contribution in [2.45, 2.75) is 13.5 Å². The van der Waals surface area contributed by atoms with E-state index in [0.29, 0.717) is 6.54 Å². The van der Waals surface area contributed by atoms with E-state index in [0.717, 1.165) is 22.2 Å². The molecule has 0 spiro atoms. The van der Waals surface area contributed by atoms with Gasteiger partial charge in [0.05, 0.1) is 12.2 Å². The molecule has 2 rings (SSSR count). The van der Waals surface area contributed by atoms with E-state index in [1.165, 1.54) is 0 Å². The lowest BCUT2D eigenvalue weighted by molar-refractivity contribution is 0.955. The average molecular weight is 234 g/mol. The molecule has 0 aliphatic rings. The summed E-state index contributed by atoms with van der Waals surface area (Å²) in [7, 11) is 0. The summed E-state index contributed by atoms with van der Waals surface area (Å²) < 4.78 is 0. The van der Waals surface area contributed by atoms with Crippen LogP contribution in [0.15, 0.2) is 36.5 Å². The third-order valence-electron chi connectivity index (χ3n) is 2.13. The molecular formula is C12H12ClN3. The van der Waals surface area contributed by atoms with Gasteiger partial charge in [0, 0.05) is 16.9 Å². The van der Waals surface area contributed by atoms with E-state index >= 15 is 0 Å². The maximum atomic E-state index is 5.89. The highest BCUT2D eigenvalue weighted by Crippen LogP contribution is 2.15. The molecule has 82 valence electrons. The minimum Gasteiger partial charge on any atom is -0.379 e. The summed E-state index contributed by atoms with van der Waals surface area (Å²) in [6.45, 7) is 2.55. The molecule has 3 nitrogen and oxygen atoms in total. The van der Waals surface area contributed by atoms with Crippen LogP contribution in [0.4, 0.5) is 5.69 Å². The number of hydrogen-bond donors (Lipinski definition) is 1. The lowest BCUT2D eigenvalue weighted by Crippen LogP contribution is -2.02. The number of rotatable bonds is 3. The monoisotopic (exact) mass is 233 g/mol. The summed E-state index contributed by atoms with van der Waals surface area (Å²) >= 11 is 5.89. The van der Waals surface area contributed by atoms with Gasteiger partial charge in [-0.2, -0.15) is 0 Å². The minimum absolute atomic E-state index is 0.670. The van der Waals surface area contributed by atoms with E-state index < -0.39 is 0 Å². The van der Waals surface area contributed by atoms with Crippen molar-refractivity contribution in [1.29, 1.82) is 0 Å². The van der Waals surface area contributed by atoms with Crippen molar-refractivity contribution in [1.82, 2.24) is 9.97 Å². The number of nitrogens with one attached hydrogen (secondary N) is 1. The number of aromatic nitrogens is 2. The van der Waals surface area contributed by atoms with Crippen molar-refractivity contribution in [2.75, 3.05) is 5.32 Å². The molecule has 0 aliphatic heterocycles. The highest BCUT2D eigenvalue weighted by atomic mass is 35.5. The fourth-order valence-electron chi connectivity index (χ4n) is 1.39. The first-order valence-corrected chi connectivity index (χ1v) is 5.40. The highest BCUT2D eigenvalue weighted by molar-refractivity contribution is 6.30. The molecule has 4 heteroatoms. The van der Waals surface area contributed by atoms with E-state index in [1.807, 2.05) is 37.3 Å². The maximum Gasteiger partial charge on any atom is 0.125 e. The molecule has 1 aromatic carbocycles. The Bertz CT molecular complexity index is 440. The zero-order valence-corrected chi connectivity index (χ0v) is 9.70.